The largest absolute Gasteiger partial charge is 0.367 e. The van der Waals surface area contributed by atoms with E-state index in [1.165, 1.54) is 49.9 Å². The van der Waals surface area contributed by atoms with E-state index in [2.05, 4.69) is 41.4 Å². The Kier molecular flexibility index (Phi) is 3.55. The van der Waals surface area contributed by atoms with E-state index in [1.54, 1.807) is 0 Å². The SMILES string of the molecule is CCC(CNC1CC1)N1CCCc2ccccc21. The van der Waals surface area contributed by atoms with E-state index in [0.717, 1.165) is 12.6 Å². The molecule has 0 amide bonds. The van der Waals surface area contributed by atoms with Crippen LogP contribution in [0, 0.1) is 0 Å². The van der Waals surface area contributed by atoms with Gasteiger partial charge in [0.15, 0.2) is 0 Å². The summed E-state index contributed by atoms with van der Waals surface area (Å²) in [4.78, 5) is 2.63. The van der Waals surface area contributed by atoms with Crippen LogP contribution in [-0.4, -0.2) is 25.2 Å². The Morgan fingerprint density at radius 3 is 2.94 bits per heavy atom. The van der Waals surface area contributed by atoms with Crippen molar-refractivity contribution in [3.8, 4) is 0 Å². The molecule has 2 heteroatoms. The smallest absolute Gasteiger partial charge is 0.0412 e. The molecule has 0 bridgehead atoms. The Bertz CT molecular complexity index is 398. The highest BCUT2D eigenvalue weighted by molar-refractivity contribution is 5.56. The van der Waals surface area contributed by atoms with Gasteiger partial charge in [-0.2, -0.15) is 0 Å². The molecule has 1 aliphatic heterocycles. The number of nitrogens with one attached hydrogen (secondary N) is 1. The third-order valence-electron chi connectivity index (χ3n) is 4.28. The molecule has 1 aliphatic carbocycles. The van der Waals surface area contributed by atoms with Crippen LogP contribution in [0.1, 0.15) is 38.2 Å². The van der Waals surface area contributed by atoms with Crippen molar-refractivity contribution in [2.24, 2.45) is 0 Å². The summed E-state index contributed by atoms with van der Waals surface area (Å²) in [5, 5.41) is 3.69. The molecule has 1 aromatic carbocycles. The Morgan fingerprint density at radius 2 is 2.17 bits per heavy atom. The van der Waals surface area contributed by atoms with Crippen molar-refractivity contribution >= 4 is 5.69 Å². The fourth-order valence-electron chi connectivity index (χ4n) is 3.01. The van der Waals surface area contributed by atoms with Crippen LogP contribution in [0.25, 0.3) is 0 Å². The number of aryl methyl sites for hydroxylation is 1. The molecule has 1 aromatic rings. The van der Waals surface area contributed by atoms with Crippen LogP contribution in [0.3, 0.4) is 0 Å². The minimum Gasteiger partial charge on any atom is -0.367 e. The molecule has 2 nitrogen and oxygen atoms in total. The zero-order valence-corrected chi connectivity index (χ0v) is 11.4. The summed E-state index contributed by atoms with van der Waals surface area (Å²) in [5.74, 6) is 0. The lowest BCUT2D eigenvalue weighted by molar-refractivity contribution is 0.501. The van der Waals surface area contributed by atoms with E-state index < -0.39 is 0 Å². The monoisotopic (exact) mass is 244 g/mol. The quantitative estimate of drug-likeness (QED) is 0.856. The van der Waals surface area contributed by atoms with Crippen LogP contribution in [0.15, 0.2) is 24.3 Å². The van der Waals surface area contributed by atoms with Gasteiger partial charge in [0.25, 0.3) is 0 Å². The molecule has 0 radical (unpaired) electrons. The van der Waals surface area contributed by atoms with Gasteiger partial charge in [0.05, 0.1) is 0 Å². The predicted octanol–water partition coefficient (Wildman–Crippen LogP) is 2.97. The highest BCUT2D eigenvalue weighted by Crippen LogP contribution is 2.29. The lowest BCUT2D eigenvalue weighted by atomic mass is 9.99. The van der Waals surface area contributed by atoms with Crippen molar-refractivity contribution < 1.29 is 0 Å². The number of fused-ring (bicyclic) bond motifs is 1. The molecule has 1 N–H and O–H groups in total. The summed E-state index contributed by atoms with van der Waals surface area (Å²) >= 11 is 0. The van der Waals surface area contributed by atoms with Crippen LogP contribution in [0.2, 0.25) is 0 Å². The fraction of sp³-hybridized carbons (Fsp3) is 0.625. The van der Waals surface area contributed by atoms with Crippen LogP contribution in [0.5, 0.6) is 0 Å². The van der Waals surface area contributed by atoms with E-state index in [-0.39, 0.29) is 0 Å². The number of anilines is 1. The second-order valence-electron chi connectivity index (χ2n) is 5.67. The summed E-state index contributed by atoms with van der Waals surface area (Å²) in [7, 11) is 0. The Hall–Kier alpha value is -1.02. The molecular weight excluding hydrogens is 220 g/mol. The van der Waals surface area contributed by atoms with Gasteiger partial charge in [0.1, 0.15) is 0 Å². The van der Waals surface area contributed by atoms with Gasteiger partial charge in [-0.3, -0.25) is 0 Å². The number of hydrogen-bond acceptors (Lipinski definition) is 2. The minimum atomic E-state index is 0.659. The first kappa shape index (κ1) is 12.0. The standard InChI is InChI=1S/C16H24N2/c1-2-15(12-17-14-9-10-14)18-11-5-7-13-6-3-4-8-16(13)18/h3-4,6,8,14-15,17H,2,5,7,9-12H2,1H3. The van der Waals surface area contributed by atoms with E-state index in [0.29, 0.717) is 6.04 Å². The number of hydrogen-bond donors (Lipinski definition) is 1. The van der Waals surface area contributed by atoms with Crippen molar-refractivity contribution in [3.63, 3.8) is 0 Å². The van der Waals surface area contributed by atoms with Gasteiger partial charge in [-0.25, -0.2) is 0 Å². The van der Waals surface area contributed by atoms with Crippen molar-refractivity contribution in [2.75, 3.05) is 18.0 Å². The number of benzene rings is 1. The third kappa shape index (κ3) is 2.54. The van der Waals surface area contributed by atoms with Gasteiger partial charge in [0, 0.05) is 30.9 Å². The predicted molar refractivity (Wildman–Crippen MR) is 77.2 cm³/mol. The molecule has 1 fully saturated rings. The van der Waals surface area contributed by atoms with Crippen molar-refractivity contribution in [1.82, 2.24) is 5.32 Å². The molecular formula is C16H24N2. The summed E-state index contributed by atoms with van der Waals surface area (Å²) in [5.41, 5.74) is 3.02. The zero-order chi connectivity index (χ0) is 12.4. The van der Waals surface area contributed by atoms with E-state index >= 15 is 0 Å². The molecule has 98 valence electrons. The summed E-state index contributed by atoms with van der Waals surface area (Å²) in [6.45, 7) is 4.69. The molecule has 0 aromatic heterocycles. The minimum absolute atomic E-state index is 0.659. The van der Waals surface area contributed by atoms with Crippen molar-refractivity contribution in [2.45, 2.75) is 51.1 Å². The molecule has 1 saturated carbocycles. The highest BCUT2D eigenvalue weighted by Gasteiger charge is 2.26. The number of rotatable bonds is 5. The van der Waals surface area contributed by atoms with Gasteiger partial charge >= 0.3 is 0 Å². The summed E-state index contributed by atoms with van der Waals surface area (Å²) in [6.07, 6.45) is 6.55. The Balaban J connectivity index is 1.73. The third-order valence-corrected chi connectivity index (χ3v) is 4.28. The number of para-hydroxylation sites is 1. The second kappa shape index (κ2) is 5.31. The maximum Gasteiger partial charge on any atom is 0.0412 e. The Morgan fingerprint density at radius 1 is 1.33 bits per heavy atom. The average molecular weight is 244 g/mol. The van der Waals surface area contributed by atoms with Gasteiger partial charge in [-0.15, -0.1) is 0 Å². The van der Waals surface area contributed by atoms with Crippen LogP contribution >= 0.6 is 0 Å². The first-order valence-corrected chi connectivity index (χ1v) is 7.46. The Labute approximate surface area is 110 Å². The van der Waals surface area contributed by atoms with E-state index in [4.69, 9.17) is 0 Å². The molecule has 3 rings (SSSR count). The molecule has 18 heavy (non-hydrogen) atoms. The van der Waals surface area contributed by atoms with Crippen molar-refractivity contribution in [1.29, 1.82) is 0 Å². The first-order valence-electron chi connectivity index (χ1n) is 7.46. The molecule has 0 saturated heterocycles. The fourth-order valence-corrected chi connectivity index (χ4v) is 3.01. The van der Waals surface area contributed by atoms with Gasteiger partial charge in [-0.05, 0) is 43.7 Å². The summed E-state index contributed by atoms with van der Waals surface area (Å²) < 4.78 is 0. The zero-order valence-electron chi connectivity index (χ0n) is 11.4. The molecule has 2 aliphatic rings. The summed E-state index contributed by atoms with van der Waals surface area (Å²) in [6, 6.07) is 10.4. The van der Waals surface area contributed by atoms with Gasteiger partial charge in [0.2, 0.25) is 0 Å². The van der Waals surface area contributed by atoms with Gasteiger partial charge < -0.3 is 10.2 Å². The first-order chi connectivity index (χ1) is 8.88. The maximum absolute atomic E-state index is 3.69. The molecule has 1 heterocycles. The van der Waals surface area contributed by atoms with Gasteiger partial charge in [-0.1, -0.05) is 25.1 Å². The van der Waals surface area contributed by atoms with Crippen LogP contribution in [0.4, 0.5) is 5.69 Å². The lowest BCUT2D eigenvalue weighted by Gasteiger charge is -2.38. The van der Waals surface area contributed by atoms with E-state index in [1.807, 2.05) is 0 Å². The normalized spacial score (nSPS) is 20.6. The second-order valence-corrected chi connectivity index (χ2v) is 5.67. The van der Waals surface area contributed by atoms with Crippen molar-refractivity contribution in [3.05, 3.63) is 29.8 Å². The average Bonchev–Trinajstić information content (AvgIpc) is 3.24. The molecule has 1 atom stereocenters. The highest BCUT2D eigenvalue weighted by atomic mass is 15.2. The lowest BCUT2D eigenvalue weighted by Crippen LogP contribution is -2.45. The topological polar surface area (TPSA) is 15.3 Å². The molecule has 1 unspecified atom stereocenters. The molecule has 0 spiro atoms. The van der Waals surface area contributed by atoms with Crippen LogP contribution < -0.4 is 10.2 Å². The maximum atomic E-state index is 3.69. The van der Waals surface area contributed by atoms with E-state index in [9.17, 15) is 0 Å². The van der Waals surface area contributed by atoms with Crippen LogP contribution in [-0.2, 0) is 6.42 Å². The number of nitrogens with zero attached hydrogens (tertiary/aromatic N) is 1.